The minimum Gasteiger partial charge on any atom is -0.378 e. The van der Waals surface area contributed by atoms with Crippen molar-refractivity contribution in [2.45, 2.75) is 31.1 Å². The summed E-state index contributed by atoms with van der Waals surface area (Å²) in [6.45, 7) is 7.05. The van der Waals surface area contributed by atoms with Gasteiger partial charge in [-0.05, 0) is 35.7 Å². The molecule has 0 spiro atoms. The van der Waals surface area contributed by atoms with Crippen LogP contribution >= 0.6 is 0 Å². The molecule has 0 radical (unpaired) electrons. The van der Waals surface area contributed by atoms with Gasteiger partial charge in [0.15, 0.2) is 0 Å². The molecule has 1 aliphatic rings. The van der Waals surface area contributed by atoms with Gasteiger partial charge in [0.05, 0.1) is 30.0 Å². The zero-order valence-electron chi connectivity index (χ0n) is 17.3. The first-order valence-corrected chi connectivity index (χ1v) is 11.5. The van der Waals surface area contributed by atoms with Gasteiger partial charge in [-0.3, -0.25) is 4.79 Å². The molecule has 3 rings (SSSR count). The number of pyridine rings is 1. The minimum absolute atomic E-state index is 0.0133. The van der Waals surface area contributed by atoms with Crippen molar-refractivity contribution in [3.63, 3.8) is 0 Å². The first-order chi connectivity index (χ1) is 14.3. The molecule has 2 aromatic rings. The summed E-state index contributed by atoms with van der Waals surface area (Å²) in [4.78, 5) is 18.8. The quantitative estimate of drug-likeness (QED) is 0.664. The van der Waals surface area contributed by atoms with E-state index in [4.69, 9.17) is 4.74 Å². The summed E-state index contributed by atoms with van der Waals surface area (Å²) < 4.78 is 32.5. The summed E-state index contributed by atoms with van der Waals surface area (Å²) in [5.74, 6) is 0.886. The number of amides is 1. The molecule has 1 saturated heterocycles. The van der Waals surface area contributed by atoms with Gasteiger partial charge >= 0.3 is 0 Å². The maximum Gasteiger partial charge on any atom is 0.240 e. The third kappa shape index (κ3) is 6.01. The standard InChI is InChI=1S/C21H28N4O4S/c1-16(2)17-3-6-19(7-4-17)30(27,28)23-10-9-21(26)24-18-5-8-20(22-15-18)25-11-13-29-14-12-25/h3-8,15-16,23H,9-14H2,1-2H3,(H,24,26). The van der Waals surface area contributed by atoms with Crippen LogP contribution in [0, 0.1) is 0 Å². The second-order valence-electron chi connectivity index (χ2n) is 7.42. The number of sulfonamides is 1. The zero-order valence-corrected chi connectivity index (χ0v) is 18.1. The number of nitrogens with one attached hydrogen (secondary N) is 2. The van der Waals surface area contributed by atoms with Crippen molar-refractivity contribution in [3.05, 3.63) is 48.2 Å². The Hall–Kier alpha value is -2.49. The molecule has 1 aromatic heterocycles. The molecular weight excluding hydrogens is 404 g/mol. The minimum atomic E-state index is -3.65. The maximum atomic E-state index is 12.4. The van der Waals surface area contributed by atoms with E-state index in [0.29, 0.717) is 24.8 Å². The van der Waals surface area contributed by atoms with Crippen LogP contribution < -0.4 is 14.9 Å². The fourth-order valence-electron chi connectivity index (χ4n) is 3.08. The molecule has 0 aliphatic carbocycles. The first kappa shape index (κ1) is 22.2. The van der Waals surface area contributed by atoms with E-state index in [1.807, 2.05) is 19.9 Å². The van der Waals surface area contributed by atoms with Gasteiger partial charge in [0.2, 0.25) is 15.9 Å². The number of nitrogens with zero attached hydrogens (tertiary/aromatic N) is 2. The lowest BCUT2D eigenvalue weighted by Crippen LogP contribution is -2.36. The Balaban J connectivity index is 1.47. The monoisotopic (exact) mass is 432 g/mol. The molecular formula is C21H28N4O4S. The molecule has 9 heteroatoms. The fourth-order valence-corrected chi connectivity index (χ4v) is 4.11. The number of hydrogen-bond donors (Lipinski definition) is 2. The zero-order chi connectivity index (χ0) is 21.6. The molecule has 1 aliphatic heterocycles. The molecule has 162 valence electrons. The number of aromatic nitrogens is 1. The Labute approximate surface area is 177 Å². The normalized spacial score (nSPS) is 14.7. The Kier molecular flexibility index (Phi) is 7.41. The van der Waals surface area contributed by atoms with Gasteiger partial charge in [-0.1, -0.05) is 26.0 Å². The summed E-state index contributed by atoms with van der Waals surface area (Å²) >= 11 is 0. The van der Waals surface area contributed by atoms with Crippen LogP contribution in [0.5, 0.6) is 0 Å². The molecule has 0 atom stereocenters. The van der Waals surface area contributed by atoms with E-state index in [1.54, 1.807) is 36.5 Å². The number of rotatable bonds is 8. The second kappa shape index (κ2) is 10.0. The largest absolute Gasteiger partial charge is 0.378 e. The topological polar surface area (TPSA) is 101 Å². The lowest BCUT2D eigenvalue weighted by molar-refractivity contribution is -0.116. The van der Waals surface area contributed by atoms with Gasteiger partial charge in [-0.25, -0.2) is 18.1 Å². The Morgan fingerprint density at radius 3 is 2.43 bits per heavy atom. The highest BCUT2D eigenvalue weighted by Gasteiger charge is 2.15. The van der Waals surface area contributed by atoms with Gasteiger partial charge < -0.3 is 15.0 Å². The second-order valence-corrected chi connectivity index (χ2v) is 9.19. The summed E-state index contributed by atoms with van der Waals surface area (Å²) in [6, 6.07) is 10.4. The van der Waals surface area contributed by atoms with Gasteiger partial charge in [0, 0.05) is 26.1 Å². The van der Waals surface area contributed by atoms with E-state index < -0.39 is 10.0 Å². The number of morpholine rings is 1. The van der Waals surface area contributed by atoms with Crippen LogP contribution in [0.1, 0.15) is 31.7 Å². The van der Waals surface area contributed by atoms with Crippen LogP contribution in [-0.2, 0) is 19.6 Å². The average molecular weight is 433 g/mol. The molecule has 1 amide bonds. The predicted octanol–water partition coefficient (Wildman–Crippen LogP) is 2.35. The van der Waals surface area contributed by atoms with Crippen LogP contribution in [-0.4, -0.2) is 52.2 Å². The van der Waals surface area contributed by atoms with Crippen LogP contribution in [0.25, 0.3) is 0 Å². The fraction of sp³-hybridized carbons (Fsp3) is 0.429. The lowest BCUT2D eigenvalue weighted by atomic mass is 10.0. The first-order valence-electron chi connectivity index (χ1n) is 10.0. The van der Waals surface area contributed by atoms with Crippen molar-refractivity contribution >= 4 is 27.4 Å². The molecule has 0 unspecified atom stereocenters. The lowest BCUT2D eigenvalue weighted by Gasteiger charge is -2.27. The molecule has 2 N–H and O–H groups in total. The van der Waals surface area contributed by atoms with Crippen molar-refractivity contribution in [1.29, 1.82) is 0 Å². The SMILES string of the molecule is CC(C)c1ccc(S(=O)(=O)NCCC(=O)Nc2ccc(N3CCOCC3)nc2)cc1. The van der Waals surface area contributed by atoms with E-state index in [9.17, 15) is 13.2 Å². The third-order valence-corrected chi connectivity index (χ3v) is 6.34. The maximum absolute atomic E-state index is 12.4. The number of benzene rings is 1. The average Bonchev–Trinajstić information content (AvgIpc) is 2.75. The Morgan fingerprint density at radius 2 is 1.83 bits per heavy atom. The number of carbonyl (C=O) groups excluding carboxylic acids is 1. The molecule has 0 bridgehead atoms. The Morgan fingerprint density at radius 1 is 1.13 bits per heavy atom. The number of hydrogen-bond acceptors (Lipinski definition) is 6. The highest BCUT2D eigenvalue weighted by molar-refractivity contribution is 7.89. The van der Waals surface area contributed by atoms with Crippen LogP contribution in [0.2, 0.25) is 0 Å². The van der Waals surface area contributed by atoms with E-state index >= 15 is 0 Å². The van der Waals surface area contributed by atoms with Gasteiger partial charge in [0.25, 0.3) is 0 Å². The summed E-state index contributed by atoms with van der Waals surface area (Å²) in [6.07, 6.45) is 1.62. The van der Waals surface area contributed by atoms with Crippen molar-refractivity contribution in [3.8, 4) is 0 Å². The number of anilines is 2. The van der Waals surface area contributed by atoms with E-state index in [-0.39, 0.29) is 23.8 Å². The van der Waals surface area contributed by atoms with Crippen LogP contribution in [0.15, 0.2) is 47.5 Å². The van der Waals surface area contributed by atoms with Crippen LogP contribution in [0.4, 0.5) is 11.5 Å². The smallest absolute Gasteiger partial charge is 0.240 e. The summed E-state index contributed by atoms with van der Waals surface area (Å²) in [5.41, 5.74) is 1.64. The van der Waals surface area contributed by atoms with E-state index in [1.165, 1.54) is 0 Å². The van der Waals surface area contributed by atoms with E-state index in [0.717, 1.165) is 24.5 Å². The Bertz CT molecular complexity index is 938. The van der Waals surface area contributed by atoms with E-state index in [2.05, 4.69) is 19.9 Å². The molecule has 1 fully saturated rings. The van der Waals surface area contributed by atoms with Crippen molar-refractivity contribution in [1.82, 2.24) is 9.71 Å². The highest BCUT2D eigenvalue weighted by Crippen LogP contribution is 2.18. The molecule has 0 saturated carbocycles. The number of carbonyl (C=O) groups is 1. The van der Waals surface area contributed by atoms with Gasteiger partial charge in [0.1, 0.15) is 5.82 Å². The summed E-state index contributed by atoms with van der Waals surface area (Å²) in [5, 5.41) is 2.74. The van der Waals surface area contributed by atoms with Crippen LogP contribution in [0.3, 0.4) is 0 Å². The predicted molar refractivity (Wildman–Crippen MR) is 116 cm³/mol. The summed E-state index contributed by atoms with van der Waals surface area (Å²) in [7, 11) is -3.65. The van der Waals surface area contributed by atoms with Gasteiger partial charge in [-0.2, -0.15) is 0 Å². The molecule has 2 heterocycles. The molecule has 1 aromatic carbocycles. The van der Waals surface area contributed by atoms with Crippen molar-refractivity contribution < 1.29 is 17.9 Å². The number of ether oxygens (including phenoxy) is 1. The molecule has 30 heavy (non-hydrogen) atoms. The molecule has 8 nitrogen and oxygen atoms in total. The third-order valence-electron chi connectivity index (χ3n) is 4.87. The highest BCUT2D eigenvalue weighted by atomic mass is 32.2. The van der Waals surface area contributed by atoms with Crippen molar-refractivity contribution in [2.24, 2.45) is 0 Å². The van der Waals surface area contributed by atoms with Gasteiger partial charge in [-0.15, -0.1) is 0 Å². The van der Waals surface area contributed by atoms with Crippen molar-refractivity contribution in [2.75, 3.05) is 43.1 Å².